The number of carboxylic acids is 1. The molecule has 1 saturated carbocycles. The maximum atomic E-state index is 11.8. The highest BCUT2D eigenvalue weighted by atomic mass is 16.6. The predicted octanol–water partition coefficient (Wildman–Crippen LogP) is 1.27. The van der Waals surface area contributed by atoms with E-state index in [4.69, 9.17) is 9.84 Å². The number of hydrogen-bond donors (Lipinski definition) is 4. The van der Waals surface area contributed by atoms with Gasteiger partial charge in [-0.15, -0.1) is 0 Å². The molecule has 23 heavy (non-hydrogen) atoms. The van der Waals surface area contributed by atoms with Gasteiger partial charge in [0.2, 0.25) is 0 Å². The van der Waals surface area contributed by atoms with Crippen LogP contribution in [-0.4, -0.2) is 44.6 Å². The molecule has 0 bridgehead atoms. The maximum absolute atomic E-state index is 11.8. The number of aliphatic carboxylic acids is 1. The average Bonchev–Trinajstić information content (AvgIpc) is 2.50. The summed E-state index contributed by atoms with van der Waals surface area (Å²) in [6.45, 7) is 0. The van der Waals surface area contributed by atoms with Crippen LogP contribution < -0.4 is 0 Å². The summed E-state index contributed by atoms with van der Waals surface area (Å²) < 4.78 is 5.11. The number of carboxylic acid groups (broad SMARTS) is 1. The molecular weight excluding hydrogens is 304 g/mol. The molecule has 1 fully saturated rings. The molecule has 1 aromatic carbocycles. The van der Waals surface area contributed by atoms with Crippen LogP contribution in [0.5, 0.6) is 11.5 Å². The summed E-state index contributed by atoms with van der Waals surface area (Å²) in [5.74, 6) is -2.89. The molecule has 0 saturated heterocycles. The number of phenols is 2. The van der Waals surface area contributed by atoms with E-state index in [0.717, 1.165) is 6.08 Å². The summed E-state index contributed by atoms with van der Waals surface area (Å²) in [7, 11) is 0. The van der Waals surface area contributed by atoms with Gasteiger partial charge in [-0.05, 0) is 36.6 Å². The number of carbonyl (C=O) groups excluding carboxylic acids is 1. The Hall–Kier alpha value is -2.54. The van der Waals surface area contributed by atoms with Crippen molar-refractivity contribution in [2.45, 2.75) is 31.5 Å². The molecule has 0 heterocycles. The second-order valence-corrected chi connectivity index (χ2v) is 5.47. The number of esters is 1. The predicted molar refractivity (Wildman–Crippen MR) is 79.7 cm³/mol. The second kappa shape index (κ2) is 7.15. The van der Waals surface area contributed by atoms with Crippen molar-refractivity contribution in [1.29, 1.82) is 0 Å². The van der Waals surface area contributed by atoms with Crippen LogP contribution in [0.15, 0.2) is 24.3 Å². The lowest BCUT2D eigenvalue weighted by Gasteiger charge is -2.30. The first-order valence-electron chi connectivity index (χ1n) is 7.18. The van der Waals surface area contributed by atoms with Gasteiger partial charge >= 0.3 is 11.9 Å². The molecule has 7 heteroatoms. The Labute approximate surface area is 132 Å². The smallest absolute Gasteiger partial charge is 0.331 e. The van der Waals surface area contributed by atoms with Crippen LogP contribution >= 0.6 is 0 Å². The van der Waals surface area contributed by atoms with Gasteiger partial charge in [0, 0.05) is 12.5 Å². The summed E-state index contributed by atoms with van der Waals surface area (Å²) in [6, 6.07) is 4.05. The molecule has 0 aromatic heterocycles. The van der Waals surface area contributed by atoms with Crippen molar-refractivity contribution in [3.05, 3.63) is 29.8 Å². The minimum atomic E-state index is -0.965. The fraction of sp³-hybridized carbons (Fsp3) is 0.375. The van der Waals surface area contributed by atoms with E-state index in [9.17, 15) is 24.9 Å². The van der Waals surface area contributed by atoms with Crippen molar-refractivity contribution in [1.82, 2.24) is 0 Å². The zero-order valence-electron chi connectivity index (χ0n) is 12.3. The fourth-order valence-electron chi connectivity index (χ4n) is 2.46. The molecule has 7 nitrogen and oxygen atoms in total. The number of rotatable bonds is 4. The molecule has 0 amide bonds. The van der Waals surface area contributed by atoms with Gasteiger partial charge in [0.1, 0.15) is 6.10 Å². The van der Waals surface area contributed by atoms with E-state index in [2.05, 4.69) is 0 Å². The van der Waals surface area contributed by atoms with Crippen LogP contribution in [0.25, 0.3) is 6.08 Å². The molecule has 1 aliphatic rings. The van der Waals surface area contributed by atoms with Crippen LogP contribution in [0.4, 0.5) is 0 Å². The van der Waals surface area contributed by atoms with Crippen LogP contribution in [0.3, 0.4) is 0 Å². The summed E-state index contributed by atoms with van der Waals surface area (Å²) in [5, 5.41) is 37.4. The van der Waals surface area contributed by atoms with Crippen molar-refractivity contribution >= 4 is 18.0 Å². The van der Waals surface area contributed by atoms with Crippen LogP contribution in [0.2, 0.25) is 0 Å². The monoisotopic (exact) mass is 322 g/mol. The number of aromatic hydroxyl groups is 2. The zero-order valence-corrected chi connectivity index (χ0v) is 12.3. The molecule has 1 aromatic rings. The van der Waals surface area contributed by atoms with Crippen molar-refractivity contribution in [2.75, 3.05) is 0 Å². The molecule has 0 spiro atoms. The van der Waals surface area contributed by atoms with E-state index in [1.807, 2.05) is 0 Å². The lowest BCUT2D eigenvalue weighted by Crippen LogP contribution is -2.39. The molecular formula is C16H18O7. The van der Waals surface area contributed by atoms with E-state index >= 15 is 0 Å². The fourth-order valence-corrected chi connectivity index (χ4v) is 2.46. The molecule has 3 atom stereocenters. The van der Waals surface area contributed by atoms with Gasteiger partial charge in [0.05, 0.1) is 12.0 Å². The summed E-state index contributed by atoms with van der Waals surface area (Å²) >= 11 is 0. The zero-order chi connectivity index (χ0) is 17.0. The lowest BCUT2D eigenvalue weighted by atomic mass is 9.85. The second-order valence-electron chi connectivity index (χ2n) is 5.47. The minimum absolute atomic E-state index is 0.0794. The number of ether oxygens (including phenoxy) is 1. The quantitative estimate of drug-likeness (QED) is 0.374. The van der Waals surface area contributed by atoms with Crippen molar-refractivity contribution < 1.29 is 34.8 Å². The van der Waals surface area contributed by atoms with Crippen LogP contribution in [-0.2, 0) is 14.3 Å². The lowest BCUT2D eigenvalue weighted by molar-refractivity contribution is -0.159. The van der Waals surface area contributed by atoms with Gasteiger partial charge in [-0.25, -0.2) is 4.79 Å². The Morgan fingerprint density at radius 3 is 2.57 bits per heavy atom. The highest BCUT2D eigenvalue weighted by Gasteiger charge is 2.34. The van der Waals surface area contributed by atoms with Gasteiger partial charge < -0.3 is 25.2 Å². The molecule has 0 unspecified atom stereocenters. The number of aliphatic hydroxyl groups is 1. The van der Waals surface area contributed by atoms with Gasteiger partial charge in [-0.2, -0.15) is 0 Å². The third-order valence-corrected chi connectivity index (χ3v) is 3.78. The Balaban J connectivity index is 1.96. The highest BCUT2D eigenvalue weighted by Crippen LogP contribution is 2.28. The van der Waals surface area contributed by atoms with Gasteiger partial charge in [-0.1, -0.05) is 6.07 Å². The van der Waals surface area contributed by atoms with Gasteiger partial charge in [0.15, 0.2) is 11.5 Å². The van der Waals surface area contributed by atoms with E-state index in [0.29, 0.717) is 12.0 Å². The first-order valence-corrected chi connectivity index (χ1v) is 7.18. The summed E-state index contributed by atoms with van der Waals surface area (Å²) in [6.07, 6.45) is 1.47. The number of phenolic OH excluding ortho intramolecular Hbond substituents is 2. The third-order valence-electron chi connectivity index (χ3n) is 3.78. The van der Waals surface area contributed by atoms with E-state index in [-0.39, 0.29) is 24.3 Å². The standard InChI is InChI=1S/C16H18O7/c17-11-4-1-9(7-13(11)19)2-6-15(20)23-14-8-10(16(21)22)3-5-12(14)18/h1-2,4,6-7,10,12,14,17-19H,3,5,8H2,(H,21,22)/b6-2+/t10-,12-,14-/m1/s1. The maximum Gasteiger partial charge on any atom is 0.331 e. The largest absolute Gasteiger partial charge is 0.504 e. The third kappa shape index (κ3) is 4.46. The molecule has 4 N–H and O–H groups in total. The SMILES string of the molecule is O=C(/C=C/c1ccc(O)c(O)c1)O[C@@H]1C[C@H](C(=O)O)CC[C@H]1O. The highest BCUT2D eigenvalue weighted by molar-refractivity contribution is 5.87. The molecule has 2 rings (SSSR count). The van der Waals surface area contributed by atoms with Crippen LogP contribution in [0, 0.1) is 5.92 Å². The summed E-state index contributed by atoms with van der Waals surface area (Å²) in [4.78, 5) is 22.8. The topological polar surface area (TPSA) is 124 Å². The van der Waals surface area contributed by atoms with E-state index < -0.39 is 30.1 Å². The minimum Gasteiger partial charge on any atom is -0.504 e. The van der Waals surface area contributed by atoms with Gasteiger partial charge in [-0.3, -0.25) is 4.79 Å². The van der Waals surface area contributed by atoms with Crippen molar-refractivity contribution in [3.63, 3.8) is 0 Å². The molecule has 1 aliphatic carbocycles. The Morgan fingerprint density at radius 1 is 1.17 bits per heavy atom. The Kier molecular flexibility index (Phi) is 5.23. The average molecular weight is 322 g/mol. The Morgan fingerprint density at radius 2 is 1.91 bits per heavy atom. The normalized spacial score (nSPS) is 24.5. The van der Waals surface area contributed by atoms with E-state index in [1.54, 1.807) is 0 Å². The molecule has 0 aliphatic heterocycles. The number of carbonyl (C=O) groups is 2. The summed E-state index contributed by atoms with van der Waals surface area (Å²) in [5.41, 5.74) is 0.477. The number of benzene rings is 1. The molecule has 124 valence electrons. The first kappa shape index (κ1) is 16.8. The van der Waals surface area contributed by atoms with Crippen molar-refractivity contribution in [3.8, 4) is 11.5 Å². The Bertz CT molecular complexity index is 623. The van der Waals surface area contributed by atoms with E-state index in [1.165, 1.54) is 24.3 Å². The van der Waals surface area contributed by atoms with Crippen LogP contribution in [0.1, 0.15) is 24.8 Å². The first-order chi connectivity index (χ1) is 10.9. The number of aliphatic hydroxyl groups excluding tert-OH is 1. The molecule has 0 radical (unpaired) electrons. The van der Waals surface area contributed by atoms with Gasteiger partial charge in [0.25, 0.3) is 0 Å². The number of hydrogen-bond acceptors (Lipinski definition) is 6. The van der Waals surface area contributed by atoms with Crippen molar-refractivity contribution in [2.24, 2.45) is 5.92 Å².